The van der Waals surface area contributed by atoms with Crippen LogP contribution in [0.4, 0.5) is 0 Å². The minimum Gasteiger partial charge on any atom is -0.378 e. The molecule has 0 aliphatic carbocycles. The summed E-state index contributed by atoms with van der Waals surface area (Å²) in [7, 11) is 0. The van der Waals surface area contributed by atoms with Crippen molar-refractivity contribution in [3.63, 3.8) is 0 Å². The molecule has 1 aliphatic heterocycles. The van der Waals surface area contributed by atoms with Crippen LogP contribution in [0.15, 0.2) is 36.7 Å². The molecule has 0 radical (unpaired) electrons. The van der Waals surface area contributed by atoms with Crippen molar-refractivity contribution in [1.29, 1.82) is 0 Å². The Morgan fingerprint density at radius 1 is 1.36 bits per heavy atom. The molecule has 0 spiro atoms. The average Bonchev–Trinajstić information content (AvgIpc) is 3.04. The van der Waals surface area contributed by atoms with Gasteiger partial charge in [-0.3, -0.25) is 9.69 Å². The molecule has 134 valence electrons. The minimum absolute atomic E-state index is 0.0191. The maximum atomic E-state index is 12.1. The molecule has 0 saturated carbocycles. The van der Waals surface area contributed by atoms with Crippen LogP contribution in [0.3, 0.4) is 0 Å². The molecule has 2 heterocycles. The second-order valence-corrected chi connectivity index (χ2v) is 6.57. The molecule has 7 nitrogen and oxygen atoms in total. The number of carbonyl (C=O) groups is 1. The molecule has 7 heteroatoms. The first-order valence-electron chi connectivity index (χ1n) is 8.66. The summed E-state index contributed by atoms with van der Waals surface area (Å²) in [6.45, 7) is 6.75. The summed E-state index contributed by atoms with van der Waals surface area (Å²) in [5.74, 6) is 0.721. The smallest absolute Gasteiger partial charge is 0.234 e. The van der Waals surface area contributed by atoms with Crippen LogP contribution in [0.2, 0.25) is 0 Å². The van der Waals surface area contributed by atoms with Gasteiger partial charge in [0.15, 0.2) is 5.82 Å². The Kier molecular flexibility index (Phi) is 5.78. The van der Waals surface area contributed by atoms with E-state index in [1.807, 2.05) is 36.7 Å². The number of carbonyl (C=O) groups excluding carboxylic acids is 1. The van der Waals surface area contributed by atoms with E-state index in [0.717, 1.165) is 0 Å². The predicted octanol–water partition coefficient (Wildman–Crippen LogP) is 1.22. The zero-order chi connectivity index (χ0) is 17.6. The van der Waals surface area contributed by atoms with Gasteiger partial charge in [0.1, 0.15) is 6.33 Å². The average molecular weight is 343 g/mol. The quantitative estimate of drug-likeness (QED) is 0.854. The zero-order valence-electron chi connectivity index (χ0n) is 14.8. The Balaban J connectivity index is 1.67. The van der Waals surface area contributed by atoms with Crippen molar-refractivity contribution in [2.24, 2.45) is 0 Å². The minimum atomic E-state index is -0.0938. The lowest BCUT2D eigenvalue weighted by Crippen LogP contribution is -2.46. The zero-order valence-corrected chi connectivity index (χ0v) is 14.8. The third kappa shape index (κ3) is 4.87. The molecule has 2 aromatic rings. The van der Waals surface area contributed by atoms with Gasteiger partial charge in [-0.05, 0) is 19.4 Å². The fourth-order valence-electron chi connectivity index (χ4n) is 2.93. The molecule has 1 N–H and O–H groups in total. The third-order valence-corrected chi connectivity index (χ3v) is 4.08. The fourth-order valence-corrected chi connectivity index (χ4v) is 2.93. The number of hydrogen-bond donors (Lipinski definition) is 1. The van der Waals surface area contributed by atoms with Crippen molar-refractivity contribution in [1.82, 2.24) is 25.0 Å². The normalized spacial score (nSPS) is 18.4. The Bertz CT molecular complexity index is 686. The number of aromatic nitrogens is 3. The van der Waals surface area contributed by atoms with Crippen molar-refractivity contribution in [3.8, 4) is 0 Å². The molecule has 25 heavy (non-hydrogen) atoms. The fraction of sp³-hybridized carbons (Fsp3) is 0.500. The summed E-state index contributed by atoms with van der Waals surface area (Å²) in [6, 6.07) is 10.2. The summed E-state index contributed by atoms with van der Waals surface area (Å²) in [6.07, 6.45) is 1.74. The summed E-state index contributed by atoms with van der Waals surface area (Å²) >= 11 is 0. The Labute approximate surface area is 148 Å². The summed E-state index contributed by atoms with van der Waals surface area (Å²) in [4.78, 5) is 18.6. The van der Waals surface area contributed by atoms with Crippen LogP contribution >= 0.6 is 0 Å². The van der Waals surface area contributed by atoms with Crippen molar-refractivity contribution < 1.29 is 9.53 Å². The molecule has 1 aromatic carbocycles. The number of benzene rings is 1. The molecule has 0 unspecified atom stereocenters. The van der Waals surface area contributed by atoms with Gasteiger partial charge in [0.05, 0.1) is 32.3 Å². The van der Waals surface area contributed by atoms with E-state index in [-0.39, 0.29) is 18.0 Å². The largest absolute Gasteiger partial charge is 0.378 e. The number of nitrogens with one attached hydrogen (secondary N) is 1. The highest BCUT2D eigenvalue weighted by molar-refractivity contribution is 5.78. The number of amides is 1. The van der Waals surface area contributed by atoms with Crippen molar-refractivity contribution in [2.45, 2.75) is 32.5 Å². The number of rotatable bonds is 6. The van der Waals surface area contributed by atoms with E-state index in [9.17, 15) is 4.79 Å². The highest BCUT2D eigenvalue weighted by Crippen LogP contribution is 2.20. The van der Waals surface area contributed by atoms with Crippen LogP contribution in [0.1, 0.15) is 31.3 Å². The monoisotopic (exact) mass is 343 g/mol. The topological polar surface area (TPSA) is 72.3 Å². The van der Waals surface area contributed by atoms with Crippen LogP contribution in [0, 0.1) is 0 Å². The predicted molar refractivity (Wildman–Crippen MR) is 94.0 cm³/mol. The first kappa shape index (κ1) is 17.6. The summed E-state index contributed by atoms with van der Waals surface area (Å²) in [5, 5.41) is 7.53. The lowest BCUT2D eigenvalue weighted by Gasteiger charge is -2.33. The SMILES string of the molecule is CC(C)NC(=O)CN1CCOC[C@H]1c1ncn(Cc2ccccc2)n1. The van der Waals surface area contributed by atoms with Gasteiger partial charge in [-0.1, -0.05) is 30.3 Å². The number of nitrogens with zero attached hydrogens (tertiary/aromatic N) is 4. The lowest BCUT2D eigenvalue weighted by molar-refractivity contribution is -0.125. The molecular formula is C18H25N5O2. The van der Waals surface area contributed by atoms with Gasteiger partial charge in [-0.25, -0.2) is 9.67 Å². The van der Waals surface area contributed by atoms with Crippen LogP contribution < -0.4 is 5.32 Å². The van der Waals surface area contributed by atoms with Crippen molar-refractivity contribution in [3.05, 3.63) is 48.0 Å². The van der Waals surface area contributed by atoms with Gasteiger partial charge in [0, 0.05) is 12.6 Å². The maximum Gasteiger partial charge on any atom is 0.234 e. The maximum absolute atomic E-state index is 12.1. The number of ether oxygens (including phenoxy) is 1. The van der Waals surface area contributed by atoms with E-state index in [2.05, 4.69) is 32.4 Å². The number of hydrogen-bond acceptors (Lipinski definition) is 5. The van der Waals surface area contributed by atoms with Gasteiger partial charge in [0.25, 0.3) is 0 Å². The Morgan fingerprint density at radius 2 is 2.16 bits per heavy atom. The molecular weight excluding hydrogens is 318 g/mol. The van der Waals surface area contributed by atoms with E-state index in [4.69, 9.17) is 4.74 Å². The van der Waals surface area contributed by atoms with Gasteiger partial charge in [-0.15, -0.1) is 0 Å². The first-order chi connectivity index (χ1) is 12.1. The van der Waals surface area contributed by atoms with E-state index < -0.39 is 0 Å². The van der Waals surface area contributed by atoms with E-state index in [0.29, 0.717) is 38.7 Å². The summed E-state index contributed by atoms with van der Waals surface area (Å²) < 4.78 is 7.42. The molecule has 1 atom stereocenters. The second-order valence-electron chi connectivity index (χ2n) is 6.57. The van der Waals surface area contributed by atoms with Gasteiger partial charge >= 0.3 is 0 Å². The number of morpholine rings is 1. The molecule has 1 amide bonds. The molecule has 1 aromatic heterocycles. The van der Waals surface area contributed by atoms with Crippen LogP contribution in [0.5, 0.6) is 0 Å². The van der Waals surface area contributed by atoms with Crippen LogP contribution in [-0.4, -0.2) is 57.9 Å². The second kappa shape index (κ2) is 8.22. The van der Waals surface area contributed by atoms with Gasteiger partial charge in [0.2, 0.25) is 5.91 Å². The third-order valence-electron chi connectivity index (χ3n) is 4.08. The molecule has 1 saturated heterocycles. The standard InChI is InChI=1S/C18H25N5O2/c1-14(2)20-17(24)11-22-8-9-25-12-16(22)18-19-13-23(21-18)10-15-6-4-3-5-7-15/h3-7,13-14,16H,8-12H2,1-2H3,(H,20,24)/t16-/m0/s1. The highest BCUT2D eigenvalue weighted by Gasteiger charge is 2.29. The Morgan fingerprint density at radius 3 is 2.92 bits per heavy atom. The highest BCUT2D eigenvalue weighted by atomic mass is 16.5. The molecule has 1 aliphatic rings. The van der Waals surface area contributed by atoms with Gasteiger partial charge < -0.3 is 10.1 Å². The Hall–Kier alpha value is -2.25. The van der Waals surface area contributed by atoms with Crippen molar-refractivity contribution in [2.75, 3.05) is 26.3 Å². The van der Waals surface area contributed by atoms with E-state index in [1.165, 1.54) is 5.56 Å². The summed E-state index contributed by atoms with van der Waals surface area (Å²) in [5.41, 5.74) is 1.17. The lowest BCUT2D eigenvalue weighted by atomic mass is 10.2. The molecule has 3 rings (SSSR count). The van der Waals surface area contributed by atoms with Crippen LogP contribution in [0.25, 0.3) is 0 Å². The van der Waals surface area contributed by atoms with Crippen LogP contribution in [-0.2, 0) is 16.1 Å². The first-order valence-corrected chi connectivity index (χ1v) is 8.66. The van der Waals surface area contributed by atoms with Gasteiger partial charge in [-0.2, -0.15) is 5.10 Å². The van der Waals surface area contributed by atoms with E-state index in [1.54, 1.807) is 6.33 Å². The molecule has 0 bridgehead atoms. The molecule has 1 fully saturated rings. The van der Waals surface area contributed by atoms with E-state index >= 15 is 0 Å². The van der Waals surface area contributed by atoms with Crippen molar-refractivity contribution >= 4 is 5.91 Å².